The lowest BCUT2D eigenvalue weighted by atomic mass is 9.92. The second kappa shape index (κ2) is 10.0. The van der Waals surface area contributed by atoms with Gasteiger partial charge in [-0.2, -0.15) is 20.2 Å². The highest BCUT2D eigenvalue weighted by Crippen LogP contribution is 2.40. The van der Waals surface area contributed by atoms with Gasteiger partial charge in [-0.3, -0.25) is 9.59 Å². The first kappa shape index (κ1) is 24.3. The molecule has 0 spiro atoms. The number of hydrazone groups is 2. The second-order valence-corrected chi connectivity index (χ2v) is 10.5. The van der Waals surface area contributed by atoms with Crippen LogP contribution in [0.2, 0.25) is 5.02 Å². The number of thioether (sulfide) groups is 1. The Labute approximate surface area is 229 Å². The standard InChI is InChI=1S/C29H22ClN5O2S/c1-18-26(28(37)34(32-18)22-10-6-3-7-11-22)23-17-24(20-8-4-2-5-9-20)35(33-23)29-31-27(36)25(38-29)16-19-12-14-21(30)15-13-19/h2-16,24,26H,17H2,1H3/b25-16+. The molecule has 2 atom stereocenters. The average Bonchev–Trinajstić information content (AvgIpc) is 3.61. The van der Waals surface area contributed by atoms with Crippen LogP contribution in [0.3, 0.4) is 0 Å². The van der Waals surface area contributed by atoms with E-state index in [1.165, 1.54) is 16.8 Å². The molecule has 38 heavy (non-hydrogen) atoms. The first-order valence-electron chi connectivity index (χ1n) is 12.1. The van der Waals surface area contributed by atoms with Crippen molar-refractivity contribution in [3.63, 3.8) is 0 Å². The molecule has 0 radical (unpaired) electrons. The zero-order valence-corrected chi connectivity index (χ0v) is 21.9. The molecule has 0 aliphatic carbocycles. The number of nitrogens with zero attached hydrogens (tertiary/aromatic N) is 5. The summed E-state index contributed by atoms with van der Waals surface area (Å²) in [5.74, 6) is -1.03. The number of anilines is 1. The summed E-state index contributed by atoms with van der Waals surface area (Å²) in [4.78, 5) is 31.2. The Bertz CT molecular complexity index is 1530. The number of para-hydroxylation sites is 1. The molecule has 0 fully saturated rings. The number of benzene rings is 3. The average molecular weight is 540 g/mol. The van der Waals surface area contributed by atoms with E-state index in [-0.39, 0.29) is 17.9 Å². The van der Waals surface area contributed by atoms with Crippen LogP contribution in [0.1, 0.15) is 30.5 Å². The number of hydrogen-bond acceptors (Lipinski definition) is 6. The van der Waals surface area contributed by atoms with E-state index in [1.807, 2.05) is 79.7 Å². The molecule has 0 aromatic heterocycles. The van der Waals surface area contributed by atoms with Crippen LogP contribution in [0.4, 0.5) is 5.69 Å². The normalized spacial score (nSPS) is 22.3. The first-order chi connectivity index (χ1) is 18.5. The molecule has 188 valence electrons. The van der Waals surface area contributed by atoms with Crippen molar-refractivity contribution in [1.29, 1.82) is 0 Å². The summed E-state index contributed by atoms with van der Waals surface area (Å²) in [6.07, 6.45) is 2.31. The topological polar surface area (TPSA) is 77.7 Å². The zero-order valence-electron chi connectivity index (χ0n) is 20.4. The van der Waals surface area contributed by atoms with Crippen LogP contribution in [-0.4, -0.2) is 33.4 Å². The summed E-state index contributed by atoms with van der Waals surface area (Å²) in [5.41, 5.74) is 3.99. The van der Waals surface area contributed by atoms with Gasteiger partial charge in [0, 0.05) is 11.4 Å². The number of aliphatic imine (C=N–C) groups is 1. The van der Waals surface area contributed by atoms with Crippen molar-refractivity contribution in [2.45, 2.75) is 19.4 Å². The molecule has 0 saturated heterocycles. The quantitative estimate of drug-likeness (QED) is 0.372. The van der Waals surface area contributed by atoms with Crippen LogP contribution >= 0.6 is 23.4 Å². The first-order valence-corrected chi connectivity index (χ1v) is 13.3. The molecule has 0 saturated carbocycles. The number of carbonyl (C=O) groups excluding carboxylic acids is 2. The molecule has 3 aliphatic heterocycles. The lowest BCUT2D eigenvalue weighted by Gasteiger charge is -2.22. The van der Waals surface area contributed by atoms with Crippen LogP contribution in [0.5, 0.6) is 0 Å². The fourth-order valence-electron chi connectivity index (χ4n) is 4.73. The minimum atomic E-state index is -0.571. The van der Waals surface area contributed by atoms with Gasteiger partial charge in [-0.15, -0.1) is 0 Å². The minimum Gasteiger partial charge on any atom is -0.271 e. The van der Waals surface area contributed by atoms with Crippen molar-refractivity contribution in [3.05, 3.63) is 106 Å². The molecule has 9 heteroatoms. The Morgan fingerprint density at radius 1 is 0.921 bits per heavy atom. The summed E-state index contributed by atoms with van der Waals surface area (Å²) in [6.45, 7) is 1.85. The van der Waals surface area contributed by atoms with Crippen LogP contribution in [0.25, 0.3) is 6.08 Å². The van der Waals surface area contributed by atoms with Crippen LogP contribution in [0.15, 0.2) is 105 Å². The Kier molecular flexibility index (Phi) is 6.43. The lowest BCUT2D eigenvalue weighted by Crippen LogP contribution is -2.32. The molecule has 7 nitrogen and oxygen atoms in total. The third kappa shape index (κ3) is 4.57. The van der Waals surface area contributed by atoms with Gasteiger partial charge in [0.15, 0.2) is 5.17 Å². The molecule has 0 N–H and O–H groups in total. The number of halogens is 1. The predicted molar refractivity (Wildman–Crippen MR) is 153 cm³/mol. The van der Waals surface area contributed by atoms with Gasteiger partial charge in [0.2, 0.25) is 0 Å². The monoisotopic (exact) mass is 539 g/mol. The van der Waals surface area contributed by atoms with Crippen molar-refractivity contribution in [1.82, 2.24) is 5.01 Å². The second-order valence-electron chi connectivity index (χ2n) is 9.09. The molecular formula is C29H22ClN5O2S. The van der Waals surface area contributed by atoms with Crippen LogP contribution in [0, 0.1) is 5.92 Å². The summed E-state index contributed by atoms with van der Waals surface area (Å²) < 4.78 is 0. The number of rotatable bonds is 4. The highest BCUT2D eigenvalue weighted by atomic mass is 35.5. The van der Waals surface area contributed by atoms with Crippen molar-refractivity contribution >= 4 is 63.5 Å². The Balaban J connectivity index is 1.32. The van der Waals surface area contributed by atoms with E-state index in [4.69, 9.17) is 16.7 Å². The zero-order chi connectivity index (χ0) is 26.2. The van der Waals surface area contributed by atoms with E-state index in [0.29, 0.717) is 38.6 Å². The largest absolute Gasteiger partial charge is 0.286 e. The van der Waals surface area contributed by atoms with Gasteiger partial charge in [0.25, 0.3) is 11.8 Å². The van der Waals surface area contributed by atoms with Crippen molar-refractivity contribution < 1.29 is 9.59 Å². The molecule has 2 unspecified atom stereocenters. The van der Waals surface area contributed by atoms with E-state index in [9.17, 15) is 9.59 Å². The van der Waals surface area contributed by atoms with Gasteiger partial charge >= 0.3 is 0 Å². The van der Waals surface area contributed by atoms with E-state index in [0.717, 1.165) is 11.1 Å². The Morgan fingerprint density at radius 2 is 1.61 bits per heavy atom. The number of carbonyl (C=O) groups is 2. The van der Waals surface area contributed by atoms with Crippen molar-refractivity contribution in [2.75, 3.05) is 5.01 Å². The van der Waals surface area contributed by atoms with Crippen LogP contribution in [-0.2, 0) is 9.59 Å². The maximum Gasteiger partial charge on any atom is 0.286 e. The minimum absolute atomic E-state index is 0.137. The lowest BCUT2D eigenvalue weighted by molar-refractivity contribution is -0.118. The summed E-state index contributed by atoms with van der Waals surface area (Å²) in [5, 5.41) is 13.8. The van der Waals surface area contributed by atoms with Gasteiger partial charge < -0.3 is 0 Å². The van der Waals surface area contributed by atoms with Crippen molar-refractivity contribution in [2.24, 2.45) is 21.1 Å². The smallest absolute Gasteiger partial charge is 0.271 e. The third-order valence-corrected chi connectivity index (χ3v) is 7.78. The maximum atomic E-state index is 13.5. The third-order valence-electron chi connectivity index (χ3n) is 6.56. The molecule has 3 aliphatic rings. The summed E-state index contributed by atoms with van der Waals surface area (Å²) >= 11 is 7.28. The molecule has 6 rings (SSSR count). The molecule has 3 aromatic carbocycles. The Hall–Kier alpha value is -4.01. The van der Waals surface area contributed by atoms with Crippen molar-refractivity contribution in [3.8, 4) is 0 Å². The fourth-order valence-corrected chi connectivity index (χ4v) is 5.77. The van der Waals surface area contributed by atoms with Gasteiger partial charge in [-0.25, -0.2) is 5.01 Å². The number of amidine groups is 1. The predicted octanol–water partition coefficient (Wildman–Crippen LogP) is 6.15. The summed E-state index contributed by atoms with van der Waals surface area (Å²) in [6, 6.07) is 26.4. The summed E-state index contributed by atoms with van der Waals surface area (Å²) in [7, 11) is 0. The molecular weight excluding hydrogens is 518 g/mol. The van der Waals surface area contributed by atoms with E-state index in [1.54, 1.807) is 23.2 Å². The van der Waals surface area contributed by atoms with Gasteiger partial charge in [-0.05, 0) is 60.2 Å². The molecule has 0 bridgehead atoms. The van der Waals surface area contributed by atoms with Gasteiger partial charge in [0.1, 0.15) is 5.92 Å². The highest BCUT2D eigenvalue weighted by molar-refractivity contribution is 8.18. The molecule has 3 heterocycles. The molecule has 2 amide bonds. The van der Waals surface area contributed by atoms with Gasteiger partial charge in [0.05, 0.1) is 28.1 Å². The number of hydrogen-bond donors (Lipinski definition) is 0. The Morgan fingerprint density at radius 3 is 2.32 bits per heavy atom. The van der Waals surface area contributed by atoms with E-state index in [2.05, 4.69) is 10.1 Å². The molecule has 3 aromatic rings. The van der Waals surface area contributed by atoms with Gasteiger partial charge in [-0.1, -0.05) is 72.3 Å². The van der Waals surface area contributed by atoms with Crippen LogP contribution < -0.4 is 5.01 Å². The van der Waals surface area contributed by atoms with E-state index < -0.39 is 5.92 Å². The highest BCUT2D eigenvalue weighted by Gasteiger charge is 2.44. The number of amides is 2. The fraction of sp³-hybridized carbons (Fsp3) is 0.138. The SMILES string of the molecule is CC1=NN(c2ccccc2)C(=O)C1C1=NN(C2=NC(=O)/C(=C\c3ccc(Cl)cc3)S2)C(c2ccccc2)C1. The maximum absolute atomic E-state index is 13.5. The van der Waals surface area contributed by atoms with E-state index >= 15 is 0 Å².